The van der Waals surface area contributed by atoms with Gasteiger partial charge in [0.1, 0.15) is 5.70 Å². The quantitative estimate of drug-likeness (QED) is 0.600. The molecule has 0 aliphatic carbocycles. The average molecular weight is 396 g/mol. The maximum atomic E-state index is 13.3. The molecular formula is C26H24N2O2. The third-order valence-electron chi connectivity index (χ3n) is 5.32. The number of carbonyl (C=O) groups is 2. The zero-order valence-electron chi connectivity index (χ0n) is 17.2. The molecule has 1 heterocycles. The number of anilines is 1. The van der Waals surface area contributed by atoms with E-state index in [1.807, 2.05) is 85.8 Å². The summed E-state index contributed by atoms with van der Waals surface area (Å²) in [6.07, 6.45) is 0.944. The molecule has 1 N–H and O–H groups in total. The number of nitrogens with one attached hydrogen (secondary N) is 1. The van der Waals surface area contributed by atoms with Crippen LogP contribution >= 0.6 is 0 Å². The van der Waals surface area contributed by atoms with Gasteiger partial charge < -0.3 is 5.32 Å². The molecular weight excluding hydrogens is 372 g/mol. The Morgan fingerprint density at radius 2 is 1.40 bits per heavy atom. The van der Waals surface area contributed by atoms with Gasteiger partial charge in [-0.05, 0) is 42.2 Å². The molecule has 1 aliphatic heterocycles. The molecule has 0 atom stereocenters. The van der Waals surface area contributed by atoms with Gasteiger partial charge in [-0.25, -0.2) is 0 Å². The summed E-state index contributed by atoms with van der Waals surface area (Å²) >= 11 is 0. The fourth-order valence-electron chi connectivity index (χ4n) is 3.55. The number of aryl methyl sites for hydroxylation is 2. The second kappa shape index (κ2) is 8.37. The topological polar surface area (TPSA) is 49.4 Å². The predicted octanol–water partition coefficient (Wildman–Crippen LogP) is 4.95. The van der Waals surface area contributed by atoms with E-state index in [1.54, 1.807) is 0 Å². The van der Waals surface area contributed by atoms with E-state index < -0.39 is 0 Å². The molecule has 0 aromatic heterocycles. The molecule has 0 saturated carbocycles. The lowest BCUT2D eigenvalue weighted by Crippen LogP contribution is -2.32. The molecule has 0 unspecified atom stereocenters. The molecule has 3 aromatic carbocycles. The summed E-state index contributed by atoms with van der Waals surface area (Å²) in [7, 11) is 0. The van der Waals surface area contributed by atoms with Crippen molar-refractivity contribution in [2.45, 2.75) is 26.8 Å². The van der Waals surface area contributed by atoms with Crippen molar-refractivity contribution in [2.24, 2.45) is 0 Å². The van der Waals surface area contributed by atoms with Crippen LogP contribution in [0.2, 0.25) is 0 Å². The van der Waals surface area contributed by atoms with Gasteiger partial charge >= 0.3 is 0 Å². The maximum Gasteiger partial charge on any atom is 0.278 e. The Hall–Kier alpha value is -3.66. The Bertz CT molecular complexity index is 1100. The average Bonchev–Trinajstić information content (AvgIpc) is 3.00. The lowest BCUT2D eigenvalue weighted by Gasteiger charge is -2.15. The van der Waals surface area contributed by atoms with Crippen molar-refractivity contribution in [2.75, 3.05) is 5.32 Å². The van der Waals surface area contributed by atoms with Crippen molar-refractivity contribution >= 4 is 23.1 Å². The van der Waals surface area contributed by atoms with Crippen LogP contribution in [-0.2, 0) is 22.6 Å². The first-order valence-electron chi connectivity index (χ1n) is 10.1. The number of hydrogen-bond donors (Lipinski definition) is 1. The van der Waals surface area contributed by atoms with E-state index in [0.717, 1.165) is 28.8 Å². The first kappa shape index (κ1) is 19.6. The SMILES string of the molecule is CCc1ccc(NC2=C(c3ccccc3)C(=O)N(Cc3ccc(C)cc3)C2=O)cc1. The van der Waals surface area contributed by atoms with Crippen molar-refractivity contribution in [3.05, 3.63) is 107 Å². The number of nitrogens with zero attached hydrogens (tertiary/aromatic N) is 1. The van der Waals surface area contributed by atoms with Gasteiger partial charge in [0.05, 0.1) is 12.1 Å². The van der Waals surface area contributed by atoms with Crippen LogP contribution in [-0.4, -0.2) is 16.7 Å². The van der Waals surface area contributed by atoms with Gasteiger partial charge in [0.25, 0.3) is 11.8 Å². The minimum Gasteiger partial charge on any atom is -0.350 e. The Morgan fingerprint density at radius 3 is 2.03 bits per heavy atom. The van der Waals surface area contributed by atoms with E-state index in [0.29, 0.717) is 11.3 Å². The van der Waals surface area contributed by atoms with Gasteiger partial charge in [-0.3, -0.25) is 14.5 Å². The van der Waals surface area contributed by atoms with Crippen LogP contribution in [0.25, 0.3) is 5.57 Å². The highest BCUT2D eigenvalue weighted by atomic mass is 16.2. The van der Waals surface area contributed by atoms with Crippen molar-refractivity contribution in [1.82, 2.24) is 4.90 Å². The van der Waals surface area contributed by atoms with Crippen molar-refractivity contribution in [3.63, 3.8) is 0 Å². The van der Waals surface area contributed by atoms with E-state index >= 15 is 0 Å². The van der Waals surface area contributed by atoms with Crippen molar-refractivity contribution in [1.29, 1.82) is 0 Å². The van der Waals surface area contributed by atoms with Crippen molar-refractivity contribution in [3.8, 4) is 0 Å². The van der Waals surface area contributed by atoms with Gasteiger partial charge in [0.2, 0.25) is 0 Å². The second-order valence-electron chi connectivity index (χ2n) is 7.47. The van der Waals surface area contributed by atoms with Crippen LogP contribution in [0.3, 0.4) is 0 Å². The fraction of sp³-hybridized carbons (Fsp3) is 0.154. The fourth-order valence-corrected chi connectivity index (χ4v) is 3.55. The summed E-state index contributed by atoms with van der Waals surface area (Å²) in [6.45, 7) is 4.35. The van der Waals surface area contributed by atoms with Crippen LogP contribution in [0.15, 0.2) is 84.6 Å². The number of imide groups is 1. The van der Waals surface area contributed by atoms with Gasteiger partial charge in [-0.1, -0.05) is 79.2 Å². The number of rotatable bonds is 6. The standard InChI is InChI=1S/C26H24N2O2/c1-3-19-13-15-22(16-14-19)27-24-23(21-7-5-4-6-8-21)25(29)28(26(24)30)17-20-11-9-18(2)10-12-20/h4-16,27H,3,17H2,1-2H3. The monoisotopic (exact) mass is 396 g/mol. The van der Waals surface area contributed by atoms with E-state index in [9.17, 15) is 9.59 Å². The molecule has 4 nitrogen and oxygen atoms in total. The highest BCUT2D eigenvalue weighted by Gasteiger charge is 2.39. The molecule has 2 amide bonds. The molecule has 4 rings (SSSR count). The minimum atomic E-state index is -0.306. The number of hydrogen-bond acceptors (Lipinski definition) is 3. The summed E-state index contributed by atoms with van der Waals surface area (Å²) in [5.74, 6) is -0.585. The van der Waals surface area contributed by atoms with Gasteiger partial charge in [0.15, 0.2) is 0 Å². The van der Waals surface area contributed by atoms with Crippen molar-refractivity contribution < 1.29 is 9.59 Å². The Balaban J connectivity index is 1.69. The summed E-state index contributed by atoms with van der Waals surface area (Å²) in [4.78, 5) is 27.9. The lowest BCUT2D eigenvalue weighted by molar-refractivity contribution is -0.137. The zero-order chi connectivity index (χ0) is 21.1. The van der Waals surface area contributed by atoms with E-state index in [1.165, 1.54) is 10.5 Å². The molecule has 0 radical (unpaired) electrons. The molecule has 0 fully saturated rings. The largest absolute Gasteiger partial charge is 0.350 e. The van der Waals surface area contributed by atoms with Crippen LogP contribution in [0.1, 0.15) is 29.2 Å². The molecule has 150 valence electrons. The lowest BCUT2D eigenvalue weighted by atomic mass is 10.0. The van der Waals surface area contributed by atoms with Crippen LogP contribution in [0, 0.1) is 6.92 Å². The smallest absolute Gasteiger partial charge is 0.278 e. The third-order valence-corrected chi connectivity index (χ3v) is 5.32. The number of amides is 2. The third kappa shape index (κ3) is 3.90. The Kier molecular flexibility index (Phi) is 5.48. The number of carbonyl (C=O) groups excluding carboxylic acids is 2. The number of benzene rings is 3. The van der Waals surface area contributed by atoms with E-state index in [4.69, 9.17) is 0 Å². The molecule has 0 bridgehead atoms. The Morgan fingerprint density at radius 1 is 0.767 bits per heavy atom. The first-order chi connectivity index (χ1) is 14.6. The van der Waals surface area contributed by atoms with E-state index in [2.05, 4.69) is 12.2 Å². The van der Waals surface area contributed by atoms with Gasteiger partial charge in [0, 0.05) is 5.69 Å². The van der Waals surface area contributed by atoms with E-state index in [-0.39, 0.29) is 18.4 Å². The second-order valence-corrected chi connectivity index (χ2v) is 7.47. The molecule has 4 heteroatoms. The van der Waals surface area contributed by atoms with Crippen LogP contribution < -0.4 is 5.32 Å². The van der Waals surface area contributed by atoms with Gasteiger partial charge in [-0.2, -0.15) is 0 Å². The highest BCUT2D eigenvalue weighted by Crippen LogP contribution is 2.31. The molecule has 0 saturated heterocycles. The maximum absolute atomic E-state index is 13.3. The first-order valence-corrected chi connectivity index (χ1v) is 10.1. The zero-order valence-corrected chi connectivity index (χ0v) is 17.2. The Labute approximate surface area is 176 Å². The summed E-state index contributed by atoms with van der Waals surface area (Å²) < 4.78 is 0. The minimum absolute atomic E-state index is 0.244. The molecule has 1 aliphatic rings. The summed E-state index contributed by atoms with van der Waals surface area (Å²) in [6, 6.07) is 25.2. The molecule has 30 heavy (non-hydrogen) atoms. The summed E-state index contributed by atoms with van der Waals surface area (Å²) in [5, 5.41) is 3.21. The highest BCUT2D eigenvalue weighted by molar-refractivity contribution is 6.36. The molecule has 0 spiro atoms. The molecule has 3 aromatic rings. The van der Waals surface area contributed by atoms with Crippen LogP contribution in [0.5, 0.6) is 0 Å². The van der Waals surface area contributed by atoms with Crippen LogP contribution in [0.4, 0.5) is 5.69 Å². The summed E-state index contributed by atoms with van der Waals surface area (Å²) in [5.41, 5.74) is 5.52. The normalized spacial score (nSPS) is 13.9. The predicted molar refractivity (Wildman–Crippen MR) is 120 cm³/mol. The van der Waals surface area contributed by atoms with Gasteiger partial charge in [-0.15, -0.1) is 0 Å².